The van der Waals surface area contributed by atoms with Gasteiger partial charge in [-0.15, -0.1) is 11.6 Å². The van der Waals surface area contributed by atoms with E-state index >= 15 is 0 Å². The van der Waals surface area contributed by atoms with Crippen molar-refractivity contribution >= 4 is 17.3 Å². The number of nitrogens with zero attached hydrogens (tertiary/aromatic N) is 2. The lowest BCUT2D eigenvalue weighted by Crippen LogP contribution is -2.44. The van der Waals surface area contributed by atoms with Gasteiger partial charge in [0.1, 0.15) is 0 Å². The van der Waals surface area contributed by atoms with E-state index in [-0.39, 0.29) is 0 Å². The number of hydrogen-bond donors (Lipinski definition) is 0. The van der Waals surface area contributed by atoms with Gasteiger partial charge < -0.3 is 9.80 Å². The van der Waals surface area contributed by atoms with Crippen molar-refractivity contribution in [3.63, 3.8) is 0 Å². The molecule has 0 saturated carbocycles. The Morgan fingerprint density at radius 3 is 2.20 bits per heavy atom. The molecule has 0 aliphatic carbocycles. The molecule has 15 heavy (non-hydrogen) atoms. The summed E-state index contributed by atoms with van der Waals surface area (Å²) in [5, 5.41) is 0. The lowest BCUT2D eigenvalue weighted by Gasteiger charge is -2.34. The molecular formula is C12H17ClN2. The Balaban J connectivity index is 2.03. The molecule has 1 saturated heterocycles. The number of halogens is 1. The minimum absolute atomic E-state index is 0.600. The molecule has 1 fully saturated rings. The van der Waals surface area contributed by atoms with Gasteiger partial charge in [-0.1, -0.05) is 12.1 Å². The number of piperazine rings is 1. The summed E-state index contributed by atoms with van der Waals surface area (Å²) in [7, 11) is 2.17. The average molecular weight is 225 g/mol. The minimum Gasteiger partial charge on any atom is -0.369 e. The molecule has 0 amide bonds. The van der Waals surface area contributed by atoms with Crippen LogP contribution in [0.1, 0.15) is 5.56 Å². The predicted octanol–water partition coefficient (Wildman–Crippen LogP) is 2.18. The average Bonchev–Trinajstić information content (AvgIpc) is 2.30. The Morgan fingerprint density at radius 1 is 1.07 bits per heavy atom. The summed E-state index contributed by atoms with van der Waals surface area (Å²) >= 11 is 5.76. The van der Waals surface area contributed by atoms with Gasteiger partial charge in [0.2, 0.25) is 0 Å². The number of hydrogen-bond acceptors (Lipinski definition) is 2. The smallest absolute Gasteiger partial charge is 0.0474 e. The van der Waals surface area contributed by atoms with Gasteiger partial charge in [0.05, 0.1) is 0 Å². The maximum atomic E-state index is 5.76. The fraction of sp³-hybridized carbons (Fsp3) is 0.500. The summed E-state index contributed by atoms with van der Waals surface area (Å²) in [6, 6.07) is 8.56. The Hall–Kier alpha value is -0.730. The second-order valence-corrected chi connectivity index (χ2v) is 4.36. The molecule has 1 heterocycles. The highest BCUT2D eigenvalue weighted by molar-refractivity contribution is 6.17. The van der Waals surface area contributed by atoms with Crippen molar-refractivity contribution in [3.05, 3.63) is 29.8 Å². The van der Waals surface area contributed by atoms with E-state index in [4.69, 9.17) is 11.6 Å². The molecule has 0 aromatic heterocycles. The van der Waals surface area contributed by atoms with Crippen LogP contribution in [0.3, 0.4) is 0 Å². The second-order valence-electron chi connectivity index (χ2n) is 4.09. The molecular weight excluding hydrogens is 208 g/mol. The molecule has 0 radical (unpaired) electrons. The molecule has 0 atom stereocenters. The van der Waals surface area contributed by atoms with Crippen molar-refractivity contribution in [3.8, 4) is 0 Å². The van der Waals surface area contributed by atoms with Crippen LogP contribution in [-0.4, -0.2) is 38.1 Å². The standard InChI is InChI=1S/C12H17ClN2/c1-14-6-8-15(9-7-14)12-4-2-11(10-13)3-5-12/h2-5H,6-10H2,1H3. The topological polar surface area (TPSA) is 6.48 Å². The van der Waals surface area contributed by atoms with Gasteiger partial charge in [-0.3, -0.25) is 0 Å². The van der Waals surface area contributed by atoms with E-state index in [9.17, 15) is 0 Å². The van der Waals surface area contributed by atoms with E-state index in [1.807, 2.05) is 0 Å². The second kappa shape index (κ2) is 4.86. The number of rotatable bonds is 2. The summed E-state index contributed by atoms with van der Waals surface area (Å²) in [5.41, 5.74) is 2.51. The maximum Gasteiger partial charge on any atom is 0.0474 e. The van der Waals surface area contributed by atoms with Crippen molar-refractivity contribution in [1.29, 1.82) is 0 Å². The third-order valence-corrected chi connectivity index (χ3v) is 3.27. The Bertz CT molecular complexity index is 302. The highest BCUT2D eigenvalue weighted by Gasteiger charge is 2.13. The van der Waals surface area contributed by atoms with Gasteiger partial charge in [-0.2, -0.15) is 0 Å². The Labute approximate surface area is 96.4 Å². The van der Waals surface area contributed by atoms with Gasteiger partial charge in [-0.05, 0) is 24.7 Å². The van der Waals surface area contributed by atoms with Gasteiger partial charge in [0, 0.05) is 37.7 Å². The van der Waals surface area contributed by atoms with Gasteiger partial charge in [-0.25, -0.2) is 0 Å². The van der Waals surface area contributed by atoms with Crippen LogP contribution in [-0.2, 0) is 5.88 Å². The Kier molecular flexibility index (Phi) is 3.49. The molecule has 0 N–H and O–H groups in total. The van der Waals surface area contributed by atoms with Crippen molar-refractivity contribution in [2.45, 2.75) is 5.88 Å². The van der Waals surface area contributed by atoms with Crippen molar-refractivity contribution in [1.82, 2.24) is 4.90 Å². The molecule has 1 aliphatic heterocycles. The number of likely N-dealkylation sites (N-methyl/N-ethyl adjacent to an activating group) is 1. The summed E-state index contributed by atoms with van der Waals surface area (Å²) in [5.74, 6) is 0.600. The fourth-order valence-corrected chi connectivity index (χ4v) is 2.04. The van der Waals surface area contributed by atoms with E-state index in [1.165, 1.54) is 11.3 Å². The van der Waals surface area contributed by atoms with Gasteiger partial charge in [0.25, 0.3) is 0 Å². The van der Waals surface area contributed by atoms with Gasteiger partial charge >= 0.3 is 0 Å². The van der Waals surface area contributed by atoms with Crippen LogP contribution in [0.5, 0.6) is 0 Å². The molecule has 2 nitrogen and oxygen atoms in total. The lowest BCUT2D eigenvalue weighted by atomic mass is 10.2. The lowest BCUT2D eigenvalue weighted by molar-refractivity contribution is 0.313. The van der Waals surface area contributed by atoms with Crippen molar-refractivity contribution in [2.75, 3.05) is 38.1 Å². The largest absolute Gasteiger partial charge is 0.369 e. The van der Waals surface area contributed by atoms with E-state index in [1.54, 1.807) is 0 Å². The quantitative estimate of drug-likeness (QED) is 0.711. The monoisotopic (exact) mass is 224 g/mol. The number of benzene rings is 1. The first-order chi connectivity index (χ1) is 7.29. The van der Waals surface area contributed by atoms with Crippen LogP contribution in [0.25, 0.3) is 0 Å². The normalized spacial score (nSPS) is 18.1. The van der Waals surface area contributed by atoms with Crippen LogP contribution < -0.4 is 4.90 Å². The van der Waals surface area contributed by atoms with E-state index in [0.717, 1.165) is 26.2 Å². The third kappa shape index (κ3) is 2.64. The van der Waals surface area contributed by atoms with Crippen molar-refractivity contribution in [2.24, 2.45) is 0 Å². The zero-order valence-corrected chi connectivity index (χ0v) is 9.87. The van der Waals surface area contributed by atoms with Crippen LogP contribution in [0.15, 0.2) is 24.3 Å². The fourth-order valence-electron chi connectivity index (χ4n) is 1.86. The predicted molar refractivity (Wildman–Crippen MR) is 65.7 cm³/mol. The molecule has 1 aromatic carbocycles. The summed E-state index contributed by atoms with van der Waals surface area (Å²) in [4.78, 5) is 4.79. The molecule has 82 valence electrons. The zero-order valence-electron chi connectivity index (χ0n) is 9.12. The first-order valence-corrected chi connectivity index (χ1v) is 5.91. The van der Waals surface area contributed by atoms with Crippen LogP contribution in [0.2, 0.25) is 0 Å². The highest BCUT2D eigenvalue weighted by atomic mass is 35.5. The molecule has 1 aliphatic rings. The third-order valence-electron chi connectivity index (χ3n) is 2.96. The molecule has 0 unspecified atom stereocenters. The van der Waals surface area contributed by atoms with Crippen LogP contribution in [0.4, 0.5) is 5.69 Å². The van der Waals surface area contributed by atoms with E-state index < -0.39 is 0 Å². The summed E-state index contributed by atoms with van der Waals surface area (Å²) < 4.78 is 0. The number of anilines is 1. The number of alkyl halides is 1. The summed E-state index contributed by atoms with van der Waals surface area (Å²) in [6.45, 7) is 4.54. The van der Waals surface area contributed by atoms with Crippen LogP contribution in [0, 0.1) is 0 Å². The van der Waals surface area contributed by atoms with E-state index in [2.05, 4.69) is 41.1 Å². The first kappa shape index (κ1) is 10.8. The van der Waals surface area contributed by atoms with Crippen LogP contribution >= 0.6 is 11.6 Å². The molecule has 0 spiro atoms. The molecule has 3 heteroatoms. The minimum atomic E-state index is 0.600. The molecule has 0 bridgehead atoms. The maximum absolute atomic E-state index is 5.76. The molecule has 2 rings (SSSR count). The molecule has 1 aromatic rings. The Morgan fingerprint density at radius 2 is 1.67 bits per heavy atom. The first-order valence-electron chi connectivity index (χ1n) is 5.38. The SMILES string of the molecule is CN1CCN(c2ccc(CCl)cc2)CC1. The van der Waals surface area contributed by atoms with Gasteiger partial charge in [0.15, 0.2) is 0 Å². The zero-order chi connectivity index (χ0) is 10.7. The summed E-state index contributed by atoms with van der Waals surface area (Å²) in [6.07, 6.45) is 0. The highest BCUT2D eigenvalue weighted by Crippen LogP contribution is 2.17. The van der Waals surface area contributed by atoms with E-state index in [0.29, 0.717) is 5.88 Å². The van der Waals surface area contributed by atoms with Crippen molar-refractivity contribution < 1.29 is 0 Å².